The van der Waals surface area contributed by atoms with Crippen molar-refractivity contribution < 1.29 is 9.53 Å². The molecule has 1 amide bonds. The van der Waals surface area contributed by atoms with Crippen molar-refractivity contribution in [2.45, 2.75) is 32.1 Å². The third-order valence-electron chi connectivity index (χ3n) is 3.68. The van der Waals surface area contributed by atoms with Crippen LogP contribution in [0.2, 0.25) is 0 Å². The number of H-pyrrole nitrogens is 1. The average Bonchev–Trinajstić information content (AvgIpc) is 2.95. The zero-order valence-electron chi connectivity index (χ0n) is 13.1. The van der Waals surface area contributed by atoms with Gasteiger partial charge in [-0.2, -0.15) is 0 Å². The molecule has 2 aromatic rings. The Balaban J connectivity index is 1.59. The molecule has 0 spiro atoms. The van der Waals surface area contributed by atoms with E-state index in [1.807, 2.05) is 6.07 Å². The maximum atomic E-state index is 10.4. The number of amides is 1. The fourth-order valence-electron chi connectivity index (χ4n) is 2.48. The van der Waals surface area contributed by atoms with Crippen LogP contribution in [0.25, 0.3) is 10.9 Å². The Hall–Kier alpha value is -2.08. The molecule has 1 aromatic heterocycles. The van der Waals surface area contributed by atoms with Gasteiger partial charge in [-0.05, 0) is 37.3 Å². The molecule has 0 atom stereocenters. The number of aromatic amines is 1. The van der Waals surface area contributed by atoms with Crippen LogP contribution in [0.3, 0.4) is 0 Å². The van der Waals surface area contributed by atoms with Gasteiger partial charge in [0, 0.05) is 30.1 Å². The Morgan fingerprint density at radius 3 is 2.91 bits per heavy atom. The van der Waals surface area contributed by atoms with E-state index in [1.165, 1.54) is 16.5 Å². The van der Waals surface area contributed by atoms with Gasteiger partial charge in [-0.1, -0.05) is 30.4 Å². The minimum Gasteiger partial charge on any atom is -0.450 e. The maximum Gasteiger partial charge on any atom is 0.404 e. The van der Waals surface area contributed by atoms with E-state index in [1.54, 1.807) is 0 Å². The van der Waals surface area contributed by atoms with Gasteiger partial charge in [-0.15, -0.1) is 0 Å². The number of hydrogen-bond acceptors (Lipinski definition) is 3. The molecule has 0 saturated heterocycles. The summed E-state index contributed by atoms with van der Waals surface area (Å²) in [7, 11) is 0. The van der Waals surface area contributed by atoms with Crippen LogP contribution in [0.4, 0.5) is 4.79 Å². The minimum absolute atomic E-state index is 0.389. The van der Waals surface area contributed by atoms with Crippen LogP contribution in [-0.4, -0.2) is 29.2 Å². The van der Waals surface area contributed by atoms with E-state index in [0.717, 1.165) is 43.6 Å². The number of unbranched alkanes of at least 4 members (excludes halogenated alkanes) is 2. The van der Waals surface area contributed by atoms with Gasteiger partial charge in [0.15, 0.2) is 0 Å². The van der Waals surface area contributed by atoms with Crippen molar-refractivity contribution >= 4 is 34.2 Å². The number of ether oxygens (including phenoxy) is 1. The van der Waals surface area contributed by atoms with Gasteiger partial charge in [-0.3, -0.25) is 0 Å². The zero-order chi connectivity index (χ0) is 16.5. The quantitative estimate of drug-likeness (QED) is 0.486. The highest BCUT2D eigenvalue weighted by Gasteiger charge is 2.04. The normalized spacial score (nSPS) is 10.6. The fraction of sp³-hybridized carbons (Fsp3) is 0.412. The number of rotatable bonds is 9. The van der Waals surface area contributed by atoms with Gasteiger partial charge < -0.3 is 20.8 Å². The van der Waals surface area contributed by atoms with E-state index in [9.17, 15) is 4.79 Å². The highest BCUT2D eigenvalue weighted by molar-refractivity contribution is 7.80. The maximum absolute atomic E-state index is 10.4. The Kier molecular flexibility index (Phi) is 6.87. The van der Waals surface area contributed by atoms with E-state index >= 15 is 0 Å². The van der Waals surface area contributed by atoms with Gasteiger partial charge >= 0.3 is 6.09 Å². The predicted molar refractivity (Wildman–Crippen MR) is 96.6 cm³/mol. The topological polar surface area (TPSA) is 80.1 Å². The number of nitrogens with one attached hydrogen (secondary N) is 2. The summed E-state index contributed by atoms with van der Waals surface area (Å²) < 4.78 is 4.67. The van der Waals surface area contributed by atoms with Crippen molar-refractivity contribution in [3.8, 4) is 0 Å². The lowest BCUT2D eigenvalue weighted by atomic mass is 10.1. The van der Waals surface area contributed by atoms with Gasteiger partial charge in [0.1, 0.15) is 0 Å². The first kappa shape index (κ1) is 17.3. The number of fused-ring (bicyclic) bond motifs is 1. The number of nitrogens with two attached hydrogens (primary N) is 1. The first-order valence-corrected chi connectivity index (χ1v) is 8.31. The molecule has 0 aliphatic rings. The molecule has 0 fully saturated rings. The molecule has 23 heavy (non-hydrogen) atoms. The van der Waals surface area contributed by atoms with Crippen LogP contribution in [0.15, 0.2) is 30.5 Å². The van der Waals surface area contributed by atoms with Gasteiger partial charge in [0.05, 0.1) is 11.6 Å². The van der Waals surface area contributed by atoms with E-state index in [2.05, 4.69) is 39.4 Å². The summed E-state index contributed by atoms with van der Waals surface area (Å²) in [5.74, 6) is 0. The van der Waals surface area contributed by atoms with Gasteiger partial charge in [0.2, 0.25) is 0 Å². The number of carbonyl (C=O) groups excluding carboxylic acids is 1. The molecule has 2 rings (SSSR count). The van der Waals surface area contributed by atoms with E-state index in [4.69, 9.17) is 18.0 Å². The molecule has 0 radical (unpaired) electrons. The number of carbonyl (C=O) groups is 1. The monoisotopic (exact) mass is 333 g/mol. The van der Waals surface area contributed by atoms with Crippen LogP contribution < -0.4 is 11.1 Å². The van der Waals surface area contributed by atoms with E-state index < -0.39 is 6.09 Å². The summed E-state index contributed by atoms with van der Waals surface area (Å²) in [6.45, 7) is 1.24. The molecule has 1 heterocycles. The number of thiocarbonyl (C=S) groups is 1. The van der Waals surface area contributed by atoms with Crippen LogP contribution in [0.1, 0.15) is 31.2 Å². The average molecular weight is 333 g/mol. The Morgan fingerprint density at radius 2 is 2.09 bits per heavy atom. The summed E-state index contributed by atoms with van der Waals surface area (Å²) >= 11 is 5.38. The first-order chi connectivity index (χ1) is 11.2. The fourth-order valence-corrected chi connectivity index (χ4v) is 2.68. The molecule has 124 valence electrons. The second-order valence-corrected chi connectivity index (χ2v) is 5.93. The van der Waals surface area contributed by atoms with Crippen molar-refractivity contribution in [1.29, 1.82) is 0 Å². The lowest BCUT2D eigenvalue weighted by Gasteiger charge is -2.07. The van der Waals surface area contributed by atoms with Crippen molar-refractivity contribution in [1.82, 2.24) is 10.3 Å². The standard InChI is InChI=1S/C17H23N3O2S/c18-17(21)22-11-5-1-4-10-19-16(23)9-8-13-12-20-15-7-3-2-6-14(13)15/h2-3,6-7,12,20H,1,4-5,8-11H2,(H2,18,21)(H,19,23). The first-order valence-electron chi connectivity index (χ1n) is 7.91. The largest absolute Gasteiger partial charge is 0.450 e. The zero-order valence-corrected chi connectivity index (χ0v) is 14.0. The van der Waals surface area contributed by atoms with Crippen LogP contribution >= 0.6 is 12.2 Å². The van der Waals surface area contributed by atoms with E-state index in [-0.39, 0.29) is 0 Å². The smallest absolute Gasteiger partial charge is 0.404 e. The lowest BCUT2D eigenvalue weighted by molar-refractivity contribution is 0.154. The van der Waals surface area contributed by atoms with Crippen LogP contribution in [0.5, 0.6) is 0 Å². The highest BCUT2D eigenvalue weighted by atomic mass is 32.1. The third kappa shape index (κ3) is 5.90. The Bertz CT molecular complexity index is 654. The molecule has 6 heteroatoms. The molecule has 0 aliphatic carbocycles. The molecular weight excluding hydrogens is 310 g/mol. The minimum atomic E-state index is -0.707. The van der Waals surface area contributed by atoms with Crippen molar-refractivity contribution in [3.63, 3.8) is 0 Å². The SMILES string of the molecule is NC(=O)OCCCCCNC(=S)CCc1c[nH]c2ccccc12. The molecule has 0 bridgehead atoms. The van der Waals surface area contributed by atoms with Crippen molar-refractivity contribution in [2.24, 2.45) is 5.73 Å². The number of aromatic nitrogens is 1. The van der Waals surface area contributed by atoms with Gasteiger partial charge in [-0.25, -0.2) is 4.79 Å². The summed E-state index contributed by atoms with van der Waals surface area (Å²) in [5, 5.41) is 4.55. The predicted octanol–water partition coefficient (Wildman–Crippen LogP) is 3.28. The molecular formula is C17H23N3O2S. The van der Waals surface area contributed by atoms with E-state index in [0.29, 0.717) is 6.61 Å². The van der Waals surface area contributed by atoms with Crippen molar-refractivity contribution in [2.75, 3.05) is 13.2 Å². The highest BCUT2D eigenvalue weighted by Crippen LogP contribution is 2.18. The Labute approximate surface area is 141 Å². The summed E-state index contributed by atoms with van der Waals surface area (Å²) in [6, 6.07) is 8.30. The van der Waals surface area contributed by atoms with Crippen LogP contribution in [0, 0.1) is 0 Å². The number of hydrogen-bond donors (Lipinski definition) is 3. The van der Waals surface area contributed by atoms with Crippen molar-refractivity contribution in [3.05, 3.63) is 36.0 Å². The summed E-state index contributed by atoms with van der Waals surface area (Å²) in [6.07, 6.45) is 5.94. The summed E-state index contributed by atoms with van der Waals surface area (Å²) in [4.78, 5) is 14.6. The molecule has 0 saturated carbocycles. The molecule has 0 unspecified atom stereocenters. The molecule has 1 aromatic carbocycles. The number of benzene rings is 1. The third-order valence-corrected chi connectivity index (χ3v) is 4.03. The second kappa shape index (κ2) is 9.15. The summed E-state index contributed by atoms with van der Waals surface area (Å²) in [5.41, 5.74) is 7.35. The molecule has 4 N–H and O–H groups in total. The molecule has 0 aliphatic heterocycles. The Morgan fingerprint density at radius 1 is 1.26 bits per heavy atom. The second-order valence-electron chi connectivity index (χ2n) is 5.44. The lowest BCUT2D eigenvalue weighted by Crippen LogP contribution is -2.23. The number of primary amides is 1. The number of aryl methyl sites for hydroxylation is 1. The van der Waals surface area contributed by atoms with Gasteiger partial charge in [0.25, 0.3) is 0 Å². The number of para-hydroxylation sites is 1. The van der Waals surface area contributed by atoms with Crippen LogP contribution in [-0.2, 0) is 11.2 Å². The molecule has 5 nitrogen and oxygen atoms in total.